The lowest BCUT2D eigenvalue weighted by Crippen LogP contribution is -2.09. The molecule has 7 heteroatoms. The van der Waals surface area contributed by atoms with Crippen molar-refractivity contribution in [3.8, 4) is 0 Å². The zero-order valence-corrected chi connectivity index (χ0v) is 16.7. The molecule has 0 fully saturated rings. The van der Waals surface area contributed by atoms with Crippen LogP contribution in [0.3, 0.4) is 0 Å². The molecular formula is C19H15Cl3N2OS. The maximum absolute atomic E-state index is 12.6. The number of carbonyl (C=O) groups is 1. The molecule has 0 saturated carbocycles. The van der Waals surface area contributed by atoms with E-state index in [1.807, 2.05) is 41.1 Å². The highest BCUT2D eigenvalue weighted by Crippen LogP contribution is 2.33. The van der Waals surface area contributed by atoms with E-state index in [4.69, 9.17) is 34.8 Å². The average molecular weight is 426 g/mol. The van der Waals surface area contributed by atoms with Gasteiger partial charge in [0, 0.05) is 30.4 Å². The highest BCUT2D eigenvalue weighted by atomic mass is 35.5. The number of thioether (sulfide) groups is 1. The summed E-state index contributed by atoms with van der Waals surface area (Å²) < 4.78 is 1.96. The van der Waals surface area contributed by atoms with Crippen LogP contribution in [0.2, 0.25) is 15.1 Å². The van der Waals surface area contributed by atoms with Gasteiger partial charge in [-0.15, -0.1) is 0 Å². The highest BCUT2D eigenvalue weighted by molar-refractivity contribution is 8.13. The Kier molecular flexibility index (Phi) is 6.65. The first-order chi connectivity index (χ1) is 12.5. The summed E-state index contributed by atoms with van der Waals surface area (Å²) in [5.41, 5.74) is 1.88. The maximum atomic E-state index is 12.6. The van der Waals surface area contributed by atoms with Gasteiger partial charge in [-0.1, -0.05) is 64.8 Å². The fraction of sp³-hybridized carbons (Fsp3) is 0.158. The summed E-state index contributed by atoms with van der Waals surface area (Å²) in [4.78, 5) is 16.7. The number of rotatable bonds is 6. The fourth-order valence-corrected chi connectivity index (χ4v) is 4.04. The van der Waals surface area contributed by atoms with Crippen LogP contribution in [0.4, 0.5) is 0 Å². The molecule has 0 radical (unpaired) electrons. The van der Waals surface area contributed by atoms with Gasteiger partial charge in [0.1, 0.15) is 0 Å². The van der Waals surface area contributed by atoms with Gasteiger partial charge in [-0.3, -0.25) is 4.79 Å². The molecule has 26 heavy (non-hydrogen) atoms. The lowest BCUT2D eigenvalue weighted by molar-refractivity contribution is -0.110. The first-order valence-electron chi connectivity index (χ1n) is 7.86. The minimum absolute atomic E-state index is 0.0447. The van der Waals surface area contributed by atoms with Crippen molar-refractivity contribution in [3.05, 3.63) is 87.4 Å². The Morgan fingerprint density at radius 3 is 2.50 bits per heavy atom. The summed E-state index contributed by atoms with van der Waals surface area (Å²) >= 11 is 19.3. The minimum Gasteiger partial charge on any atom is -0.336 e. The predicted molar refractivity (Wildman–Crippen MR) is 109 cm³/mol. The molecule has 0 aliphatic carbocycles. The Balaban J connectivity index is 1.74. The largest absolute Gasteiger partial charge is 0.336 e. The average Bonchev–Trinajstić information content (AvgIpc) is 3.11. The smallest absolute Gasteiger partial charge is 0.193 e. The van der Waals surface area contributed by atoms with Gasteiger partial charge in [-0.2, -0.15) is 0 Å². The second kappa shape index (κ2) is 8.96. The van der Waals surface area contributed by atoms with Gasteiger partial charge >= 0.3 is 0 Å². The molecule has 0 bridgehead atoms. The van der Waals surface area contributed by atoms with Crippen molar-refractivity contribution in [1.82, 2.24) is 9.55 Å². The molecule has 1 atom stereocenters. The summed E-state index contributed by atoms with van der Waals surface area (Å²) in [5.74, 6) is 0. The topological polar surface area (TPSA) is 34.9 Å². The van der Waals surface area contributed by atoms with Crippen LogP contribution in [0.15, 0.2) is 61.2 Å². The molecule has 3 aromatic rings. The zero-order valence-electron chi connectivity index (χ0n) is 13.6. The van der Waals surface area contributed by atoms with Crippen LogP contribution in [0.25, 0.3) is 0 Å². The SMILES string of the molecule is O=C(Cc1ccc(Cl)c(Cl)c1)SC(Cn1ccnc1)c1ccc(Cl)cc1. The van der Waals surface area contributed by atoms with Crippen LogP contribution >= 0.6 is 46.6 Å². The quantitative estimate of drug-likeness (QED) is 0.479. The normalized spacial score (nSPS) is 12.1. The van der Waals surface area contributed by atoms with E-state index in [1.54, 1.807) is 24.7 Å². The molecule has 0 amide bonds. The summed E-state index contributed by atoms with van der Waals surface area (Å²) in [7, 11) is 0. The van der Waals surface area contributed by atoms with Gasteiger partial charge in [-0.25, -0.2) is 4.98 Å². The van der Waals surface area contributed by atoms with Crippen molar-refractivity contribution in [2.24, 2.45) is 0 Å². The molecule has 0 spiro atoms. The van der Waals surface area contributed by atoms with Crippen LogP contribution in [0, 0.1) is 0 Å². The van der Waals surface area contributed by atoms with Gasteiger partial charge in [-0.05, 0) is 35.4 Å². The Bertz CT molecular complexity index is 882. The van der Waals surface area contributed by atoms with E-state index in [0.717, 1.165) is 11.1 Å². The Morgan fingerprint density at radius 1 is 1.08 bits per heavy atom. The molecule has 0 aliphatic rings. The van der Waals surface area contributed by atoms with E-state index in [-0.39, 0.29) is 16.8 Å². The molecule has 0 saturated heterocycles. The molecular weight excluding hydrogens is 411 g/mol. The van der Waals surface area contributed by atoms with Crippen LogP contribution in [0.5, 0.6) is 0 Å². The number of aromatic nitrogens is 2. The van der Waals surface area contributed by atoms with Gasteiger partial charge in [0.25, 0.3) is 0 Å². The third kappa shape index (κ3) is 5.27. The summed E-state index contributed by atoms with van der Waals surface area (Å²) in [6, 6.07) is 12.8. The second-order valence-electron chi connectivity index (χ2n) is 5.71. The number of hydrogen-bond donors (Lipinski definition) is 0. The van der Waals surface area contributed by atoms with E-state index in [9.17, 15) is 4.79 Å². The Labute approximate surface area is 171 Å². The molecule has 3 nitrogen and oxygen atoms in total. The molecule has 1 unspecified atom stereocenters. The Morgan fingerprint density at radius 2 is 1.85 bits per heavy atom. The van der Waals surface area contributed by atoms with Crippen molar-refractivity contribution in [3.63, 3.8) is 0 Å². The number of imidazole rings is 1. The molecule has 1 heterocycles. The standard InChI is InChI=1S/C19H15Cl3N2OS/c20-15-4-2-14(3-5-15)18(11-24-8-7-23-12-24)26-19(25)10-13-1-6-16(21)17(22)9-13/h1-9,12,18H,10-11H2. The van der Waals surface area contributed by atoms with E-state index in [1.165, 1.54) is 11.8 Å². The van der Waals surface area contributed by atoms with Crippen LogP contribution < -0.4 is 0 Å². The Hall–Kier alpha value is -1.46. The first-order valence-corrected chi connectivity index (χ1v) is 9.87. The molecule has 2 aromatic carbocycles. The first kappa shape index (κ1) is 19.3. The number of benzene rings is 2. The molecule has 0 aliphatic heterocycles. The molecule has 0 N–H and O–H groups in total. The summed E-state index contributed by atoms with van der Waals surface area (Å²) in [6.07, 6.45) is 5.64. The van der Waals surface area contributed by atoms with E-state index in [0.29, 0.717) is 21.6 Å². The van der Waals surface area contributed by atoms with Crippen molar-refractivity contribution < 1.29 is 4.79 Å². The number of nitrogens with zero attached hydrogens (tertiary/aromatic N) is 2. The molecule has 3 rings (SSSR count). The van der Waals surface area contributed by atoms with E-state index >= 15 is 0 Å². The van der Waals surface area contributed by atoms with Crippen molar-refractivity contribution in [2.45, 2.75) is 18.2 Å². The van der Waals surface area contributed by atoms with Crippen LogP contribution in [-0.4, -0.2) is 14.7 Å². The molecule has 1 aromatic heterocycles. The number of carbonyl (C=O) groups excluding carboxylic acids is 1. The molecule has 134 valence electrons. The monoisotopic (exact) mass is 424 g/mol. The number of hydrogen-bond acceptors (Lipinski definition) is 3. The van der Waals surface area contributed by atoms with Crippen LogP contribution in [-0.2, 0) is 17.8 Å². The van der Waals surface area contributed by atoms with Crippen molar-refractivity contribution in [1.29, 1.82) is 0 Å². The predicted octanol–water partition coefficient (Wildman–Crippen LogP) is 6.09. The van der Waals surface area contributed by atoms with E-state index in [2.05, 4.69) is 4.98 Å². The summed E-state index contributed by atoms with van der Waals surface area (Å²) in [5, 5.41) is 1.62. The highest BCUT2D eigenvalue weighted by Gasteiger charge is 2.18. The minimum atomic E-state index is -0.0447. The third-order valence-electron chi connectivity index (χ3n) is 3.78. The second-order valence-corrected chi connectivity index (χ2v) is 8.23. The van der Waals surface area contributed by atoms with Crippen molar-refractivity contribution in [2.75, 3.05) is 0 Å². The fourth-order valence-electron chi connectivity index (χ4n) is 2.49. The van der Waals surface area contributed by atoms with E-state index < -0.39 is 0 Å². The maximum Gasteiger partial charge on any atom is 0.193 e. The lowest BCUT2D eigenvalue weighted by Gasteiger charge is -2.17. The van der Waals surface area contributed by atoms with Crippen molar-refractivity contribution >= 4 is 51.7 Å². The third-order valence-corrected chi connectivity index (χ3v) is 5.89. The number of halogens is 3. The lowest BCUT2D eigenvalue weighted by atomic mass is 10.1. The summed E-state index contributed by atoms with van der Waals surface area (Å²) in [6.45, 7) is 0.638. The zero-order chi connectivity index (χ0) is 18.5. The van der Waals surface area contributed by atoms with Crippen LogP contribution in [0.1, 0.15) is 16.4 Å². The van der Waals surface area contributed by atoms with Gasteiger partial charge in [0.2, 0.25) is 0 Å². The van der Waals surface area contributed by atoms with Gasteiger partial charge in [0.15, 0.2) is 5.12 Å². The van der Waals surface area contributed by atoms with Gasteiger partial charge < -0.3 is 4.57 Å². The van der Waals surface area contributed by atoms with Gasteiger partial charge in [0.05, 0.1) is 21.6 Å².